The fourth-order valence-electron chi connectivity index (χ4n) is 0.784. The molecule has 0 amide bonds. The molecule has 0 atom stereocenters. The summed E-state index contributed by atoms with van der Waals surface area (Å²) in [5, 5.41) is 1.98. The van der Waals surface area contributed by atoms with E-state index >= 15 is 0 Å². The summed E-state index contributed by atoms with van der Waals surface area (Å²) in [6.07, 6.45) is 0. The van der Waals surface area contributed by atoms with E-state index in [1.54, 1.807) is 6.92 Å². The van der Waals surface area contributed by atoms with Gasteiger partial charge in [0.15, 0.2) is 0 Å². The molecule has 0 saturated heterocycles. The van der Waals surface area contributed by atoms with Gasteiger partial charge in [-0.2, -0.15) is 0 Å². The zero-order valence-electron chi connectivity index (χ0n) is 7.99. The van der Waals surface area contributed by atoms with E-state index in [-0.39, 0.29) is 11.4 Å². The van der Waals surface area contributed by atoms with Crippen molar-refractivity contribution in [1.29, 1.82) is 0 Å². The molecular weight excluding hydrogens is 380 g/mol. The molecule has 0 radical (unpaired) electrons. The van der Waals surface area contributed by atoms with Gasteiger partial charge in [0.2, 0.25) is 0 Å². The topological polar surface area (TPSA) is 26.3 Å². The van der Waals surface area contributed by atoms with Gasteiger partial charge in [0, 0.05) is 27.0 Å². The van der Waals surface area contributed by atoms with Gasteiger partial charge in [0.05, 0.1) is 6.61 Å². The summed E-state index contributed by atoms with van der Waals surface area (Å²) in [7, 11) is 0. The predicted molar refractivity (Wildman–Crippen MR) is 69.6 cm³/mol. The van der Waals surface area contributed by atoms with Crippen LogP contribution in [0.25, 0.3) is 0 Å². The molecule has 0 N–H and O–H groups in total. The van der Waals surface area contributed by atoms with Crippen LogP contribution in [-0.4, -0.2) is 28.6 Å². The van der Waals surface area contributed by atoms with Crippen molar-refractivity contribution in [2.45, 2.75) is 6.92 Å². The van der Waals surface area contributed by atoms with Crippen LogP contribution in [0.4, 0.5) is 0 Å². The first-order chi connectivity index (χ1) is 6.57. The first kappa shape index (κ1) is 14.6. The van der Waals surface area contributed by atoms with E-state index in [9.17, 15) is 4.79 Å². The lowest BCUT2D eigenvalue weighted by Crippen LogP contribution is -2.33. The van der Waals surface area contributed by atoms with Crippen LogP contribution in [0, 0.1) is 5.41 Å². The molecule has 0 saturated carbocycles. The highest BCUT2D eigenvalue weighted by Crippen LogP contribution is 2.33. The Labute approximate surface area is 110 Å². The molecule has 0 fully saturated rings. The van der Waals surface area contributed by atoms with E-state index in [0.717, 1.165) is 0 Å². The van der Waals surface area contributed by atoms with E-state index < -0.39 is 0 Å². The Morgan fingerprint density at radius 3 is 2.00 bits per heavy atom. The Balaban J connectivity index is 4.67. The summed E-state index contributed by atoms with van der Waals surface area (Å²) in [6.45, 7) is 5.95. The second-order valence-electron chi connectivity index (χ2n) is 2.88. The zero-order valence-corrected chi connectivity index (χ0v) is 12.7. The van der Waals surface area contributed by atoms with Crippen LogP contribution in [0.15, 0.2) is 12.2 Å². The molecule has 0 rings (SSSR count). The van der Waals surface area contributed by atoms with Crippen LogP contribution in [-0.2, 0) is 9.53 Å². The third kappa shape index (κ3) is 3.35. The highest BCUT2D eigenvalue weighted by atomic mass is 79.9. The second kappa shape index (κ2) is 7.01. The van der Waals surface area contributed by atoms with Crippen molar-refractivity contribution in [1.82, 2.24) is 0 Å². The number of ether oxygens (including phenoxy) is 1. The highest BCUT2D eigenvalue weighted by molar-refractivity contribution is 9.10. The van der Waals surface area contributed by atoms with Crippen molar-refractivity contribution in [2.24, 2.45) is 5.41 Å². The minimum absolute atomic E-state index is 0.313. The monoisotopic (exact) mass is 390 g/mol. The molecule has 0 unspecified atom stereocenters. The van der Waals surface area contributed by atoms with Crippen molar-refractivity contribution in [2.75, 3.05) is 22.6 Å². The SMILES string of the molecule is C=C(C(=O)OCC)C(CBr)(CBr)CBr. The third-order valence-electron chi connectivity index (χ3n) is 1.93. The van der Waals surface area contributed by atoms with Crippen LogP contribution in [0.3, 0.4) is 0 Å². The predicted octanol–water partition coefficient (Wildman–Crippen LogP) is 3.28. The van der Waals surface area contributed by atoms with Crippen LogP contribution < -0.4 is 0 Å². The van der Waals surface area contributed by atoms with Gasteiger partial charge in [0.1, 0.15) is 0 Å². The van der Waals surface area contributed by atoms with E-state index in [1.807, 2.05) is 0 Å². The minimum Gasteiger partial charge on any atom is -0.463 e. The molecule has 0 heterocycles. The Kier molecular flexibility index (Phi) is 7.34. The summed E-state index contributed by atoms with van der Waals surface area (Å²) in [5.41, 5.74) is 0.177. The minimum atomic E-state index is -0.328. The normalized spacial score (nSPS) is 11.1. The van der Waals surface area contributed by atoms with Crippen molar-refractivity contribution in [3.63, 3.8) is 0 Å². The van der Waals surface area contributed by atoms with Gasteiger partial charge in [-0.15, -0.1) is 0 Å². The molecule has 0 aromatic carbocycles. The van der Waals surface area contributed by atoms with E-state index in [0.29, 0.717) is 28.2 Å². The molecular formula is C9H13Br3O2. The largest absolute Gasteiger partial charge is 0.463 e. The van der Waals surface area contributed by atoms with Gasteiger partial charge in [0.25, 0.3) is 0 Å². The van der Waals surface area contributed by atoms with E-state index in [1.165, 1.54) is 0 Å². The van der Waals surface area contributed by atoms with Crippen molar-refractivity contribution >= 4 is 53.8 Å². The summed E-state index contributed by atoms with van der Waals surface area (Å²) in [5.74, 6) is -0.328. The smallest absolute Gasteiger partial charge is 0.334 e. The fraction of sp³-hybridized carbons (Fsp3) is 0.667. The number of alkyl halides is 3. The number of rotatable bonds is 6. The Hall–Kier alpha value is 0.650. The molecule has 0 bridgehead atoms. The second-order valence-corrected chi connectivity index (χ2v) is 4.56. The Morgan fingerprint density at radius 2 is 1.71 bits per heavy atom. The Bertz CT molecular complexity index is 204. The molecule has 2 nitrogen and oxygen atoms in total. The quantitative estimate of drug-likeness (QED) is 0.394. The standard InChI is InChI=1S/C9H13Br3O2/c1-3-14-8(13)7(2)9(4-10,5-11)6-12/h2-6H2,1H3. The fourth-order valence-corrected chi connectivity index (χ4v) is 4.58. The molecule has 14 heavy (non-hydrogen) atoms. The van der Waals surface area contributed by atoms with Gasteiger partial charge >= 0.3 is 5.97 Å². The maximum atomic E-state index is 11.5. The van der Waals surface area contributed by atoms with Gasteiger partial charge in [-0.25, -0.2) is 4.79 Å². The summed E-state index contributed by atoms with van der Waals surface area (Å²) >= 11 is 10.2. The average Bonchev–Trinajstić information content (AvgIpc) is 2.21. The van der Waals surface area contributed by atoms with Gasteiger partial charge < -0.3 is 4.74 Å². The van der Waals surface area contributed by atoms with Gasteiger partial charge in [-0.05, 0) is 6.92 Å². The third-order valence-corrected chi connectivity index (χ3v) is 5.15. The highest BCUT2D eigenvalue weighted by Gasteiger charge is 2.34. The summed E-state index contributed by atoms with van der Waals surface area (Å²) in [4.78, 5) is 11.5. The van der Waals surface area contributed by atoms with Crippen LogP contribution in [0.5, 0.6) is 0 Å². The number of hydrogen-bond donors (Lipinski definition) is 0. The summed E-state index contributed by atoms with van der Waals surface area (Å²) in [6, 6.07) is 0. The Morgan fingerprint density at radius 1 is 1.29 bits per heavy atom. The van der Waals surface area contributed by atoms with Gasteiger partial charge in [-0.3, -0.25) is 0 Å². The number of carbonyl (C=O) groups excluding carboxylic acids is 1. The molecule has 0 spiro atoms. The van der Waals surface area contributed by atoms with Crippen LogP contribution in [0.1, 0.15) is 6.92 Å². The molecule has 0 aliphatic carbocycles. The van der Waals surface area contributed by atoms with Crippen molar-refractivity contribution in [3.8, 4) is 0 Å². The number of halogens is 3. The average molecular weight is 393 g/mol. The molecule has 0 aromatic heterocycles. The van der Waals surface area contributed by atoms with Crippen LogP contribution >= 0.6 is 47.8 Å². The van der Waals surface area contributed by atoms with Crippen molar-refractivity contribution < 1.29 is 9.53 Å². The lowest BCUT2D eigenvalue weighted by Gasteiger charge is -2.28. The summed E-state index contributed by atoms with van der Waals surface area (Å²) < 4.78 is 4.91. The lowest BCUT2D eigenvalue weighted by molar-refractivity contribution is -0.139. The van der Waals surface area contributed by atoms with Gasteiger partial charge in [-0.1, -0.05) is 54.4 Å². The van der Waals surface area contributed by atoms with E-state index in [2.05, 4.69) is 54.4 Å². The molecule has 82 valence electrons. The maximum absolute atomic E-state index is 11.5. The molecule has 5 heteroatoms. The number of esters is 1. The van der Waals surface area contributed by atoms with Crippen LogP contribution in [0.2, 0.25) is 0 Å². The lowest BCUT2D eigenvalue weighted by atomic mass is 9.87. The maximum Gasteiger partial charge on any atom is 0.334 e. The first-order valence-electron chi connectivity index (χ1n) is 4.12. The molecule has 0 aliphatic heterocycles. The number of carbonyl (C=O) groups is 1. The van der Waals surface area contributed by atoms with E-state index in [4.69, 9.17) is 4.74 Å². The molecule has 0 aromatic rings. The zero-order chi connectivity index (χ0) is 11.2. The van der Waals surface area contributed by atoms with Crippen molar-refractivity contribution in [3.05, 3.63) is 12.2 Å². The molecule has 0 aliphatic rings. The first-order valence-corrected chi connectivity index (χ1v) is 7.48. The number of hydrogen-bond acceptors (Lipinski definition) is 2.